The predicted octanol–water partition coefficient (Wildman–Crippen LogP) is 4.45. The number of rotatable bonds is 5. The minimum absolute atomic E-state index is 0.0341. The summed E-state index contributed by atoms with van der Waals surface area (Å²) in [6, 6.07) is 3.38. The third-order valence-corrected chi connectivity index (χ3v) is 4.56. The van der Waals surface area contributed by atoms with Crippen LogP contribution < -0.4 is 10.7 Å². The predicted molar refractivity (Wildman–Crippen MR) is 112 cm³/mol. The standard InChI is InChI=1S/C19H13Cl2F3N6O2/c1-9-2-11(20)4-13(17(31)30-28-7-12-6-25-8-27-12)15(9)29-18(32)16-14(21)3-10(5-26-16)19(22,23)24/h2-8H,1H3,(H,25,27)(H,29,32)(H,30,31). The number of pyridine rings is 1. The average Bonchev–Trinajstić information content (AvgIpc) is 3.22. The summed E-state index contributed by atoms with van der Waals surface area (Å²) in [5.41, 5.74) is 1.71. The maximum absolute atomic E-state index is 12.8. The molecule has 0 saturated heterocycles. The van der Waals surface area contributed by atoms with Crippen molar-refractivity contribution in [1.82, 2.24) is 20.4 Å². The van der Waals surface area contributed by atoms with Gasteiger partial charge in [-0.2, -0.15) is 18.3 Å². The van der Waals surface area contributed by atoms with Crippen LogP contribution in [0.15, 0.2) is 42.0 Å². The van der Waals surface area contributed by atoms with Crippen molar-refractivity contribution >= 4 is 46.9 Å². The number of anilines is 1. The normalized spacial score (nSPS) is 11.6. The largest absolute Gasteiger partial charge is 0.417 e. The van der Waals surface area contributed by atoms with E-state index >= 15 is 0 Å². The lowest BCUT2D eigenvalue weighted by Crippen LogP contribution is -2.23. The van der Waals surface area contributed by atoms with E-state index in [1.165, 1.54) is 30.9 Å². The molecular weight excluding hydrogens is 472 g/mol. The van der Waals surface area contributed by atoms with Gasteiger partial charge in [-0.3, -0.25) is 9.59 Å². The van der Waals surface area contributed by atoms with E-state index in [-0.39, 0.29) is 16.3 Å². The van der Waals surface area contributed by atoms with Gasteiger partial charge < -0.3 is 10.3 Å². The van der Waals surface area contributed by atoms with Crippen LogP contribution in [0.1, 0.15) is 37.7 Å². The number of H-pyrrole nitrogens is 1. The zero-order chi connectivity index (χ0) is 23.5. The van der Waals surface area contributed by atoms with Gasteiger partial charge in [-0.25, -0.2) is 15.4 Å². The van der Waals surface area contributed by atoms with Gasteiger partial charge >= 0.3 is 6.18 Å². The Morgan fingerprint density at radius 2 is 1.91 bits per heavy atom. The van der Waals surface area contributed by atoms with Crippen LogP contribution in [-0.4, -0.2) is 33.0 Å². The van der Waals surface area contributed by atoms with Crippen molar-refractivity contribution < 1.29 is 22.8 Å². The van der Waals surface area contributed by atoms with E-state index in [0.29, 0.717) is 23.5 Å². The highest BCUT2D eigenvalue weighted by Crippen LogP contribution is 2.32. The van der Waals surface area contributed by atoms with Gasteiger partial charge in [-0.05, 0) is 30.7 Å². The fourth-order valence-corrected chi connectivity index (χ4v) is 3.10. The lowest BCUT2D eigenvalue weighted by Gasteiger charge is -2.14. The second kappa shape index (κ2) is 9.37. The second-order valence-corrected chi connectivity index (χ2v) is 7.20. The molecule has 3 aromatic rings. The van der Waals surface area contributed by atoms with Crippen LogP contribution in [-0.2, 0) is 6.18 Å². The Balaban J connectivity index is 1.86. The van der Waals surface area contributed by atoms with Gasteiger partial charge in [0.15, 0.2) is 0 Å². The Labute approximate surface area is 188 Å². The number of amides is 2. The maximum Gasteiger partial charge on any atom is 0.417 e. The minimum Gasteiger partial charge on any atom is -0.344 e. The van der Waals surface area contributed by atoms with E-state index in [0.717, 1.165) is 0 Å². The number of aromatic amines is 1. The molecule has 0 saturated carbocycles. The van der Waals surface area contributed by atoms with Crippen LogP contribution in [0, 0.1) is 6.92 Å². The van der Waals surface area contributed by atoms with Crippen molar-refractivity contribution in [2.45, 2.75) is 13.1 Å². The number of carbonyl (C=O) groups is 2. The quantitative estimate of drug-likeness (QED) is 0.366. The molecular formula is C19H13Cl2F3N6O2. The van der Waals surface area contributed by atoms with Crippen LogP contribution in [0.2, 0.25) is 10.0 Å². The number of hydrogen-bond acceptors (Lipinski definition) is 5. The van der Waals surface area contributed by atoms with E-state index < -0.39 is 34.3 Å². The fourth-order valence-electron chi connectivity index (χ4n) is 2.58. The number of benzene rings is 1. The monoisotopic (exact) mass is 484 g/mol. The number of alkyl halides is 3. The van der Waals surface area contributed by atoms with Crippen LogP contribution in [0.4, 0.5) is 18.9 Å². The van der Waals surface area contributed by atoms with Gasteiger partial charge in [-0.15, -0.1) is 0 Å². The zero-order valence-corrected chi connectivity index (χ0v) is 17.6. The molecule has 166 valence electrons. The highest BCUT2D eigenvalue weighted by Gasteiger charge is 2.32. The molecule has 0 fully saturated rings. The summed E-state index contributed by atoms with van der Waals surface area (Å²) in [5.74, 6) is -1.61. The maximum atomic E-state index is 12.8. The van der Waals surface area contributed by atoms with Crippen molar-refractivity contribution in [3.8, 4) is 0 Å². The molecule has 3 rings (SSSR count). The molecule has 0 spiro atoms. The minimum atomic E-state index is -4.67. The summed E-state index contributed by atoms with van der Waals surface area (Å²) in [5, 5.41) is 5.95. The zero-order valence-electron chi connectivity index (χ0n) is 16.1. The van der Waals surface area contributed by atoms with E-state index in [1.807, 2.05) is 0 Å². The van der Waals surface area contributed by atoms with Crippen LogP contribution in [0.5, 0.6) is 0 Å². The van der Waals surface area contributed by atoms with Crippen molar-refractivity contribution in [3.63, 3.8) is 0 Å². The molecule has 0 aliphatic rings. The van der Waals surface area contributed by atoms with E-state index in [4.69, 9.17) is 23.2 Å². The van der Waals surface area contributed by atoms with Gasteiger partial charge in [0.1, 0.15) is 5.69 Å². The SMILES string of the molecule is Cc1cc(Cl)cc(C(=O)NN=Cc2cnc[nH]2)c1NC(=O)c1ncc(C(F)(F)F)cc1Cl. The second-order valence-electron chi connectivity index (χ2n) is 6.36. The van der Waals surface area contributed by atoms with Crippen molar-refractivity contribution in [3.05, 3.63) is 75.0 Å². The Bertz CT molecular complexity index is 1200. The number of nitrogens with zero attached hydrogens (tertiary/aromatic N) is 3. The molecule has 0 aliphatic carbocycles. The first-order chi connectivity index (χ1) is 15.1. The first kappa shape index (κ1) is 23.2. The van der Waals surface area contributed by atoms with Gasteiger partial charge in [0, 0.05) is 11.2 Å². The molecule has 2 aromatic heterocycles. The lowest BCUT2D eigenvalue weighted by atomic mass is 10.1. The molecule has 8 nitrogen and oxygen atoms in total. The average molecular weight is 485 g/mol. The summed E-state index contributed by atoms with van der Waals surface area (Å²) in [6.45, 7) is 1.58. The summed E-state index contributed by atoms with van der Waals surface area (Å²) in [6.07, 6.45) is 0.0450. The first-order valence-corrected chi connectivity index (χ1v) is 9.48. The summed E-state index contributed by atoms with van der Waals surface area (Å²) >= 11 is 11.9. The van der Waals surface area contributed by atoms with Crippen LogP contribution in [0.3, 0.4) is 0 Å². The molecule has 1 aromatic carbocycles. The molecule has 32 heavy (non-hydrogen) atoms. The van der Waals surface area contributed by atoms with Gasteiger partial charge in [-0.1, -0.05) is 23.2 Å². The fraction of sp³-hybridized carbons (Fsp3) is 0.105. The molecule has 3 N–H and O–H groups in total. The van der Waals surface area contributed by atoms with Crippen LogP contribution >= 0.6 is 23.2 Å². The molecule has 13 heteroatoms. The van der Waals surface area contributed by atoms with Gasteiger partial charge in [0.2, 0.25) is 0 Å². The number of imidazole rings is 1. The van der Waals surface area contributed by atoms with Gasteiger partial charge in [0.05, 0.1) is 46.3 Å². The molecule has 0 aliphatic heterocycles. The summed E-state index contributed by atoms with van der Waals surface area (Å²) in [4.78, 5) is 35.3. The van der Waals surface area contributed by atoms with Crippen molar-refractivity contribution in [1.29, 1.82) is 0 Å². The van der Waals surface area contributed by atoms with Gasteiger partial charge in [0.25, 0.3) is 11.8 Å². The third kappa shape index (κ3) is 5.42. The number of hydrogen-bond donors (Lipinski definition) is 3. The molecule has 0 atom stereocenters. The number of aromatic nitrogens is 3. The summed E-state index contributed by atoms with van der Waals surface area (Å²) in [7, 11) is 0. The van der Waals surface area contributed by atoms with Crippen LogP contribution in [0.25, 0.3) is 0 Å². The number of hydrazone groups is 1. The third-order valence-electron chi connectivity index (χ3n) is 4.06. The number of nitrogens with one attached hydrogen (secondary N) is 3. The Morgan fingerprint density at radius 1 is 1.16 bits per heavy atom. The van der Waals surface area contributed by atoms with E-state index in [2.05, 4.69) is 30.8 Å². The highest BCUT2D eigenvalue weighted by molar-refractivity contribution is 6.34. The first-order valence-electron chi connectivity index (χ1n) is 8.72. The van der Waals surface area contributed by atoms with Crippen molar-refractivity contribution in [2.24, 2.45) is 5.10 Å². The molecule has 0 radical (unpaired) electrons. The van der Waals surface area contributed by atoms with Crippen molar-refractivity contribution in [2.75, 3.05) is 5.32 Å². The number of aryl methyl sites for hydroxylation is 1. The smallest absolute Gasteiger partial charge is 0.344 e. The molecule has 2 heterocycles. The Morgan fingerprint density at radius 3 is 2.53 bits per heavy atom. The molecule has 0 unspecified atom stereocenters. The van der Waals surface area contributed by atoms with E-state index in [9.17, 15) is 22.8 Å². The summed E-state index contributed by atoms with van der Waals surface area (Å²) < 4.78 is 38.4. The number of carbonyl (C=O) groups excluding carboxylic acids is 2. The van der Waals surface area contributed by atoms with E-state index in [1.54, 1.807) is 6.92 Å². The lowest BCUT2D eigenvalue weighted by molar-refractivity contribution is -0.137. The molecule has 2 amide bonds. The highest BCUT2D eigenvalue weighted by atomic mass is 35.5. The Kier molecular flexibility index (Phi) is 6.80. The topological polar surface area (TPSA) is 112 Å². The number of halogens is 5. The Hall–Kier alpha value is -3.44. The molecule has 0 bridgehead atoms.